The highest BCUT2D eigenvalue weighted by atomic mass is 28.8. The molecule has 0 N–H and O–H groups in total. The van der Waals surface area contributed by atoms with Gasteiger partial charge < -0.3 is 0 Å². The molecule has 0 aliphatic rings. The molecular weight excluding hydrogens is 163 g/mol. The van der Waals surface area contributed by atoms with Gasteiger partial charge in [0.15, 0.2) is 0 Å². The van der Waals surface area contributed by atoms with Gasteiger partial charge in [0, 0.05) is 0 Å². The maximum absolute atomic E-state index is 4.00. The molecule has 11 heavy (non-hydrogen) atoms. The molecule has 64 valence electrons. The van der Waals surface area contributed by atoms with E-state index in [0.717, 1.165) is 0 Å². The third kappa shape index (κ3) is 6.70. The quantitative estimate of drug-likeness (QED) is 0.467. The molecule has 0 unspecified atom stereocenters. The van der Waals surface area contributed by atoms with Crippen LogP contribution in [0.1, 0.15) is 13.8 Å². The van der Waals surface area contributed by atoms with Gasteiger partial charge in [0.2, 0.25) is 0 Å². The molecule has 0 atom stereocenters. The van der Waals surface area contributed by atoms with Crippen molar-refractivity contribution in [3.63, 3.8) is 0 Å². The zero-order chi connectivity index (χ0) is 9.49. The van der Waals surface area contributed by atoms with Crippen LogP contribution >= 0.6 is 0 Å². The van der Waals surface area contributed by atoms with Gasteiger partial charge in [0.25, 0.3) is 13.5 Å². The molecule has 0 saturated carbocycles. The average molecular weight is 184 g/mol. The van der Waals surface area contributed by atoms with Crippen LogP contribution in [0, 0.1) is 12.8 Å². The highest BCUT2D eigenvalue weighted by Gasteiger charge is 2.28. The van der Waals surface area contributed by atoms with Crippen molar-refractivity contribution in [2.24, 2.45) is 0 Å². The van der Waals surface area contributed by atoms with Gasteiger partial charge in [-0.25, -0.2) is 0 Å². The van der Waals surface area contributed by atoms with Crippen molar-refractivity contribution in [1.82, 2.24) is 0 Å². The molecule has 0 heterocycles. The average Bonchev–Trinajstić information content (AvgIpc) is 1.92. The number of terminal acetylenes is 1. The Labute approximate surface area is 77.2 Å². The Morgan fingerprint density at radius 1 is 1.00 bits per heavy atom. The first-order chi connectivity index (χ1) is 5.02. The molecule has 0 aromatic rings. The van der Waals surface area contributed by atoms with E-state index in [0.29, 0.717) is 0 Å². The number of hydrogen-bond acceptors (Lipinski definition) is 0. The first-order valence-corrected chi connectivity index (χ1v) is 11.3. The van der Waals surface area contributed by atoms with Crippen LogP contribution in [0.15, 0.2) is 0 Å². The van der Waals surface area contributed by atoms with Crippen molar-refractivity contribution in [3.05, 3.63) is 0 Å². The molecule has 0 rings (SSSR count). The Kier molecular flexibility index (Phi) is 8.81. The maximum atomic E-state index is 4.00. The van der Waals surface area contributed by atoms with E-state index < -0.39 is 6.63 Å². The lowest BCUT2D eigenvalue weighted by molar-refractivity contribution is 1.33. The Bertz CT molecular complexity index is 97.9. The van der Waals surface area contributed by atoms with E-state index in [2.05, 4.69) is 46.3 Å². The molecule has 0 nitrogen and oxygen atoms in total. The topological polar surface area (TPSA) is 0 Å². The van der Waals surface area contributed by atoms with Crippen molar-refractivity contribution in [2.75, 3.05) is 0 Å². The van der Waals surface area contributed by atoms with Gasteiger partial charge in [0.1, 0.15) is 0 Å². The second kappa shape index (κ2) is 6.99. The van der Waals surface area contributed by atoms with Gasteiger partial charge in [-0.2, -0.15) is 0 Å². The third-order valence-electron chi connectivity index (χ3n) is 2.21. The molecular formula is C9H21AlSi. The Morgan fingerprint density at radius 2 is 1.27 bits per heavy atom. The summed E-state index contributed by atoms with van der Waals surface area (Å²) in [4.78, 5) is 0. The van der Waals surface area contributed by atoms with Crippen molar-refractivity contribution in [2.45, 2.75) is 44.1 Å². The lowest BCUT2D eigenvalue weighted by Crippen LogP contribution is -2.41. The summed E-state index contributed by atoms with van der Waals surface area (Å²) in [5, 5.41) is 3.04. The summed E-state index contributed by atoms with van der Waals surface area (Å²) in [5.41, 5.74) is 0. The molecule has 2 heteroatoms. The fourth-order valence-electron chi connectivity index (χ4n) is 1.51. The van der Waals surface area contributed by atoms with Crippen LogP contribution in [0.25, 0.3) is 0 Å². The SMILES string of the molecule is C#C.C[CH2][Al]([CH2]C)[Si](C)(C)C. The van der Waals surface area contributed by atoms with Crippen LogP contribution in [0.3, 0.4) is 0 Å². The molecule has 0 spiro atoms. The normalized spacial score (nSPS) is 9.73. The van der Waals surface area contributed by atoms with E-state index in [9.17, 15) is 0 Å². The van der Waals surface area contributed by atoms with E-state index in [1.54, 1.807) is 0 Å². The molecule has 0 aromatic carbocycles. The Morgan fingerprint density at radius 3 is 1.27 bits per heavy atom. The molecule has 0 aliphatic carbocycles. The first kappa shape index (κ1) is 13.9. The molecule has 0 bridgehead atoms. The van der Waals surface area contributed by atoms with E-state index in [-0.39, 0.29) is 13.5 Å². The largest absolute Gasteiger partial charge is 0.253 e. The van der Waals surface area contributed by atoms with Gasteiger partial charge in [-0.1, -0.05) is 44.1 Å². The van der Waals surface area contributed by atoms with Crippen molar-refractivity contribution in [3.8, 4) is 12.8 Å². The van der Waals surface area contributed by atoms with Crippen LogP contribution in [-0.4, -0.2) is 20.1 Å². The van der Waals surface area contributed by atoms with Crippen LogP contribution in [-0.2, 0) is 0 Å². The van der Waals surface area contributed by atoms with Gasteiger partial charge in [-0.3, -0.25) is 0 Å². The van der Waals surface area contributed by atoms with Gasteiger partial charge in [-0.15, -0.1) is 12.8 Å². The summed E-state index contributed by atoms with van der Waals surface area (Å²) in [7, 11) is 0. The fraction of sp³-hybridized carbons (Fsp3) is 0.778. The second-order valence-corrected chi connectivity index (χ2v) is 19.3. The first-order valence-electron chi connectivity index (χ1n) is 4.35. The van der Waals surface area contributed by atoms with E-state index in [1.165, 1.54) is 10.6 Å². The summed E-state index contributed by atoms with van der Waals surface area (Å²) in [6, 6.07) is 0. The third-order valence-corrected chi connectivity index (χ3v) is 16.4. The van der Waals surface area contributed by atoms with Gasteiger partial charge in [-0.05, 0) is 6.63 Å². The standard InChI is InChI=1S/C3H9Si.2C2H5.C2H2.Al/c1-4(2)3;3*1-2;/h1-3H3;2*1H2,2H3;1-2H;. The molecule has 0 fully saturated rings. The predicted octanol–water partition coefficient (Wildman–Crippen LogP) is 3.19. The summed E-state index contributed by atoms with van der Waals surface area (Å²) < 4.78 is 0. The minimum absolute atomic E-state index is 0.242. The van der Waals surface area contributed by atoms with E-state index in [4.69, 9.17) is 0 Å². The Balaban J connectivity index is 0. The van der Waals surface area contributed by atoms with Gasteiger partial charge in [0.05, 0.1) is 0 Å². The molecule has 0 radical (unpaired) electrons. The summed E-state index contributed by atoms with van der Waals surface area (Å²) in [5.74, 6) is 0. The second-order valence-electron chi connectivity index (χ2n) is 3.88. The highest BCUT2D eigenvalue weighted by molar-refractivity contribution is 7.31. The number of hydrogen-bond donors (Lipinski definition) is 0. The van der Waals surface area contributed by atoms with E-state index in [1.807, 2.05) is 0 Å². The fourth-order valence-corrected chi connectivity index (χ4v) is 11.9. The van der Waals surface area contributed by atoms with Crippen LogP contribution < -0.4 is 0 Å². The number of rotatable bonds is 3. The molecule has 0 aliphatic heterocycles. The minimum atomic E-state index is -0.648. The lowest BCUT2D eigenvalue weighted by atomic mass is 10.9. The summed E-state index contributed by atoms with van der Waals surface area (Å²) >= 11 is -0.242. The van der Waals surface area contributed by atoms with E-state index >= 15 is 0 Å². The minimum Gasteiger partial charge on any atom is -0.124 e. The highest BCUT2D eigenvalue weighted by Crippen LogP contribution is 2.13. The molecule has 0 saturated heterocycles. The molecule has 0 amide bonds. The van der Waals surface area contributed by atoms with Crippen LogP contribution in [0.2, 0.25) is 30.2 Å². The summed E-state index contributed by atoms with van der Waals surface area (Å²) in [6.45, 7) is 11.7. The Hall–Kier alpha value is 0.309. The predicted molar refractivity (Wildman–Crippen MR) is 60.0 cm³/mol. The zero-order valence-electron chi connectivity index (χ0n) is 8.65. The molecule has 0 aromatic heterocycles. The smallest absolute Gasteiger partial charge is 0.124 e. The zero-order valence-corrected chi connectivity index (χ0v) is 10.8. The van der Waals surface area contributed by atoms with Crippen LogP contribution in [0.5, 0.6) is 0 Å². The van der Waals surface area contributed by atoms with Crippen molar-refractivity contribution < 1.29 is 0 Å². The van der Waals surface area contributed by atoms with Crippen molar-refractivity contribution >= 4 is 20.1 Å². The monoisotopic (exact) mass is 184 g/mol. The maximum Gasteiger partial charge on any atom is 0.253 e. The summed E-state index contributed by atoms with van der Waals surface area (Å²) in [6.07, 6.45) is 8.00. The van der Waals surface area contributed by atoms with Gasteiger partial charge >= 0.3 is 0 Å². The van der Waals surface area contributed by atoms with Crippen molar-refractivity contribution in [1.29, 1.82) is 0 Å². The lowest BCUT2D eigenvalue weighted by Gasteiger charge is -2.21. The van der Waals surface area contributed by atoms with Crippen LogP contribution in [0.4, 0.5) is 0 Å².